The summed E-state index contributed by atoms with van der Waals surface area (Å²) >= 11 is 5.88. The van der Waals surface area contributed by atoms with Crippen LogP contribution in [0.3, 0.4) is 0 Å². The second kappa shape index (κ2) is 9.45. The van der Waals surface area contributed by atoms with E-state index in [9.17, 15) is 14.4 Å². The predicted molar refractivity (Wildman–Crippen MR) is 112 cm³/mol. The van der Waals surface area contributed by atoms with Crippen LogP contribution in [0, 0.1) is 0 Å². The molecule has 152 valence electrons. The number of hydrogen-bond donors (Lipinski definition) is 3. The Kier molecular flexibility index (Phi) is 7.28. The molecule has 2 aromatic rings. The normalized spacial score (nSPS) is 11.9. The molecule has 0 saturated carbocycles. The quantitative estimate of drug-likeness (QED) is 0.618. The molecule has 1 amide bonds. The van der Waals surface area contributed by atoms with Gasteiger partial charge >= 0.3 is 5.69 Å². The van der Waals surface area contributed by atoms with Crippen LogP contribution >= 0.6 is 11.6 Å². The number of carbonyl (C=O) groups is 1. The van der Waals surface area contributed by atoms with E-state index < -0.39 is 11.2 Å². The summed E-state index contributed by atoms with van der Waals surface area (Å²) in [5, 5.41) is 3.49. The van der Waals surface area contributed by atoms with Crippen LogP contribution < -0.4 is 27.2 Å². The standard InChI is InChI=1S/C19H26ClN5O3/c1-4-5-10-25-17(21)16(18(27)23-19(25)28)24(3)11-15(26)22-12(2)13-6-8-14(20)9-7-13/h6-9,12H,4-5,10-11,21H2,1-3H3,(H,22,26)(H,23,27,28). The first kappa shape index (κ1) is 21.6. The number of nitrogens with one attached hydrogen (secondary N) is 2. The Morgan fingerprint density at radius 3 is 2.57 bits per heavy atom. The largest absolute Gasteiger partial charge is 0.383 e. The van der Waals surface area contributed by atoms with Crippen molar-refractivity contribution in [3.05, 3.63) is 55.7 Å². The molecule has 0 aliphatic rings. The van der Waals surface area contributed by atoms with Crippen LogP contribution in [0.15, 0.2) is 33.9 Å². The van der Waals surface area contributed by atoms with E-state index in [1.54, 1.807) is 19.2 Å². The zero-order chi connectivity index (χ0) is 20.8. The van der Waals surface area contributed by atoms with Gasteiger partial charge in [-0.1, -0.05) is 37.1 Å². The molecule has 0 saturated heterocycles. The van der Waals surface area contributed by atoms with Gasteiger partial charge in [-0.2, -0.15) is 0 Å². The van der Waals surface area contributed by atoms with Crippen molar-refractivity contribution >= 4 is 29.0 Å². The van der Waals surface area contributed by atoms with Crippen LogP contribution in [0.25, 0.3) is 0 Å². The molecule has 0 bridgehead atoms. The first-order chi connectivity index (χ1) is 13.2. The molecule has 1 aromatic carbocycles. The van der Waals surface area contributed by atoms with Crippen LogP contribution in [-0.2, 0) is 11.3 Å². The van der Waals surface area contributed by atoms with Gasteiger partial charge in [-0.3, -0.25) is 19.1 Å². The highest BCUT2D eigenvalue weighted by Crippen LogP contribution is 2.17. The van der Waals surface area contributed by atoms with E-state index in [0.717, 1.165) is 18.4 Å². The maximum atomic E-state index is 12.4. The second-order valence-corrected chi connectivity index (χ2v) is 7.13. The number of benzene rings is 1. The fraction of sp³-hybridized carbons (Fsp3) is 0.421. The number of aromatic nitrogens is 2. The van der Waals surface area contributed by atoms with Crippen LogP contribution in [-0.4, -0.2) is 29.1 Å². The molecule has 0 aliphatic heterocycles. The zero-order valence-electron chi connectivity index (χ0n) is 16.3. The highest BCUT2D eigenvalue weighted by Gasteiger charge is 2.19. The van der Waals surface area contributed by atoms with E-state index in [2.05, 4.69) is 10.3 Å². The predicted octanol–water partition coefficient (Wildman–Crippen LogP) is 1.89. The van der Waals surface area contributed by atoms with Crippen molar-refractivity contribution in [2.45, 2.75) is 39.3 Å². The molecular weight excluding hydrogens is 382 g/mol. The van der Waals surface area contributed by atoms with E-state index in [-0.39, 0.29) is 30.0 Å². The summed E-state index contributed by atoms with van der Waals surface area (Å²) in [5.74, 6) is -0.224. The fourth-order valence-corrected chi connectivity index (χ4v) is 3.03. The first-order valence-corrected chi connectivity index (χ1v) is 9.51. The second-order valence-electron chi connectivity index (χ2n) is 6.70. The number of nitrogen functional groups attached to an aromatic ring is 1. The van der Waals surface area contributed by atoms with E-state index in [0.29, 0.717) is 11.6 Å². The zero-order valence-corrected chi connectivity index (χ0v) is 17.0. The van der Waals surface area contributed by atoms with Gasteiger partial charge < -0.3 is 16.0 Å². The van der Waals surface area contributed by atoms with Gasteiger partial charge in [0.2, 0.25) is 5.91 Å². The number of nitrogens with zero attached hydrogens (tertiary/aromatic N) is 2. The third-order valence-electron chi connectivity index (χ3n) is 4.46. The first-order valence-electron chi connectivity index (χ1n) is 9.13. The average Bonchev–Trinajstić information content (AvgIpc) is 2.61. The molecule has 0 radical (unpaired) electrons. The lowest BCUT2D eigenvalue weighted by Crippen LogP contribution is -2.41. The summed E-state index contributed by atoms with van der Waals surface area (Å²) in [7, 11) is 1.59. The van der Waals surface area contributed by atoms with Crippen molar-refractivity contribution in [1.82, 2.24) is 14.9 Å². The summed E-state index contributed by atoms with van der Waals surface area (Å²) in [6.45, 7) is 4.16. The summed E-state index contributed by atoms with van der Waals surface area (Å²) in [6, 6.07) is 6.95. The molecule has 8 nitrogen and oxygen atoms in total. The number of aromatic amines is 1. The summed E-state index contributed by atoms with van der Waals surface area (Å²) < 4.78 is 1.32. The van der Waals surface area contributed by atoms with Crippen LogP contribution in [0.4, 0.5) is 11.5 Å². The number of unbranched alkanes of at least 4 members (excludes halogenated alkanes) is 1. The average molecular weight is 408 g/mol. The lowest BCUT2D eigenvalue weighted by molar-refractivity contribution is -0.120. The van der Waals surface area contributed by atoms with Crippen LogP contribution in [0.5, 0.6) is 0 Å². The minimum atomic E-state index is -0.615. The molecule has 1 aromatic heterocycles. The van der Waals surface area contributed by atoms with Gasteiger partial charge in [-0.15, -0.1) is 0 Å². The Bertz CT molecular complexity index is 936. The van der Waals surface area contributed by atoms with E-state index in [1.807, 2.05) is 26.0 Å². The number of carbonyl (C=O) groups excluding carboxylic acids is 1. The lowest BCUT2D eigenvalue weighted by atomic mass is 10.1. The maximum Gasteiger partial charge on any atom is 0.330 e. The molecule has 0 fully saturated rings. The summed E-state index contributed by atoms with van der Waals surface area (Å²) in [6.07, 6.45) is 1.62. The van der Waals surface area contributed by atoms with Gasteiger partial charge in [-0.05, 0) is 31.0 Å². The number of nitrogens with two attached hydrogens (primary N) is 1. The molecule has 4 N–H and O–H groups in total. The minimum Gasteiger partial charge on any atom is -0.383 e. The highest BCUT2D eigenvalue weighted by atomic mass is 35.5. The number of H-pyrrole nitrogens is 1. The van der Waals surface area contributed by atoms with Gasteiger partial charge in [0.15, 0.2) is 0 Å². The maximum absolute atomic E-state index is 12.4. The number of likely N-dealkylation sites (N-methyl/N-ethyl adjacent to an activating group) is 1. The molecular formula is C19H26ClN5O3. The monoisotopic (exact) mass is 407 g/mol. The highest BCUT2D eigenvalue weighted by molar-refractivity contribution is 6.30. The molecule has 2 rings (SSSR count). The Balaban J connectivity index is 2.14. The third-order valence-corrected chi connectivity index (χ3v) is 4.71. The topological polar surface area (TPSA) is 113 Å². The van der Waals surface area contributed by atoms with Gasteiger partial charge in [0.25, 0.3) is 5.56 Å². The molecule has 1 unspecified atom stereocenters. The molecule has 28 heavy (non-hydrogen) atoms. The number of halogens is 1. The van der Waals surface area contributed by atoms with Gasteiger partial charge in [0.05, 0.1) is 12.6 Å². The van der Waals surface area contributed by atoms with Crippen molar-refractivity contribution in [3.63, 3.8) is 0 Å². The van der Waals surface area contributed by atoms with Crippen molar-refractivity contribution < 1.29 is 4.79 Å². The van der Waals surface area contributed by atoms with E-state index in [1.165, 1.54) is 9.47 Å². The van der Waals surface area contributed by atoms with Gasteiger partial charge in [-0.25, -0.2) is 4.79 Å². The summed E-state index contributed by atoms with van der Waals surface area (Å²) in [4.78, 5) is 40.4. The van der Waals surface area contributed by atoms with Gasteiger partial charge in [0, 0.05) is 18.6 Å². The molecule has 1 heterocycles. The van der Waals surface area contributed by atoms with Crippen molar-refractivity contribution in [2.75, 3.05) is 24.2 Å². The van der Waals surface area contributed by atoms with Crippen molar-refractivity contribution in [3.8, 4) is 0 Å². The Morgan fingerprint density at radius 1 is 1.32 bits per heavy atom. The van der Waals surface area contributed by atoms with E-state index in [4.69, 9.17) is 17.3 Å². The summed E-state index contributed by atoms with van der Waals surface area (Å²) in [5.41, 5.74) is 5.91. The SMILES string of the molecule is CCCCn1c(N)c(N(C)CC(=O)NC(C)c2ccc(Cl)cc2)c(=O)[nH]c1=O. The van der Waals surface area contributed by atoms with Gasteiger partial charge in [0.1, 0.15) is 11.5 Å². The number of anilines is 2. The molecule has 0 aliphatic carbocycles. The van der Waals surface area contributed by atoms with Crippen LogP contribution in [0.2, 0.25) is 5.02 Å². The van der Waals surface area contributed by atoms with Crippen LogP contribution in [0.1, 0.15) is 38.3 Å². The molecule has 1 atom stereocenters. The van der Waals surface area contributed by atoms with Crippen molar-refractivity contribution in [2.24, 2.45) is 0 Å². The molecule has 9 heteroatoms. The fourth-order valence-electron chi connectivity index (χ4n) is 2.90. The Labute approximate surface area is 168 Å². The Hall–Kier alpha value is -2.74. The number of rotatable bonds is 8. The lowest BCUT2D eigenvalue weighted by Gasteiger charge is -2.22. The molecule has 0 spiro atoms. The number of amides is 1. The van der Waals surface area contributed by atoms with E-state index >= 15 is 0 Å². The smallest absolute Gasteiger partial charge is 0.330 e. The Morgan fingerprint density at radius 2 is 1.96 bits per heavy atom. The number of hydrogen-bond acceptors (Lipinski definition) is 5. The minimum absolute atomic E-state index is 0.0586. The third kappa shape index (κ3) is 5.16. The van der Waals surface area contributed by atoms with Crippen molar-refractivity contribution in [1.29, 1.82) is 0 Å².